The first-order valence-corrected chi connectivity index (χ1v) is 12.9. The summed E-state index contributed by atoms with van der Waals surface area (Å²) in [6, 6.07) is 11.2. The minimum atomic E-state index is -3.78. The highest BCUT2D eigenvalue weighted by Gasteiger charge is 2.29. The van der Waals surface area contributed by atoms with Crippen LogP contribution in [-0.4, -0.2) is 50.7 Å². The molecule has 0 saturated carbocycles. The van der Waals surface area contributed by atoms with E-state index in [2.05, 4.69) is 5.32 Å². The molecule has 4 rings (SSSR count). The van der Waals surface area contributed by atoms with Crippen molar-refractivity contribution >= 4 is 39.1 Å². The molecule has 3 amide bonds. The lowest BCUT2D eigenvalue weighted by Crippen LogP contribution is -2.41. The fraction of sp³-hybridized carbons (Fsp3) is 0.375. The van der Waals surface area contributed by atoms with Crippen LogP contribution >= 0.6 is 0 Å². The molecule has 0 aliphatic carbocycles. The lowest BCUT2D eigenvalue weighted by Gasteiger charge is -2.31. The summed E-state index contributed by atoms with van der Waals surface area (Å²) in [5, 5.41) is 7.89. The second kappa shape index (κ2) is 9.55. The lowest BCUT2D eigenvalue weighted by atomic mass is 9.95. The van der Waals surface area contributed by atoms with Crippen molar-refractivity contribution in [2.75, 3.05) is 29.9 Å². The number of anilines is 2. The molecule has 2 aromatic rings. The van der Waals surface area contributed by atoms with Gasteiger partial charge in [0.2, 0.25) is 21.8 Å². The van der Waals surface area contributed by atoms with Gasteiger partial charge in [-0.25, -0.2) is 13.6 Å². The monoisotopic (exact) mass is 484 g/mol. The van der Waals surface area contributed by atoms with Crippen molar-refractivity contribution in [3.8, 4) is 0 Å². The third kappa shape index (κ3) is 4.97. The van der Waals surface area contributed by atoms with Crippen LogP contribution in [0.5, 0.6) is 0 Å². The highest BCUT2D eigenvalue weighted by molar-refractivity contribution is 7.89. The molecule has 2 aliphatic heterocycles. The molecular formula is C24H28N4O5S. The van der Waals surface area contributed by atoms with E-state index in [1.807, 2.05) is 19.1 Å². The van der Waals surface area contributed by atoms with Crippen LogP contribution in [0.2, 0.25) is 0 Å². The second-order valence-electron chi connectivity index (χ2n) is 8.62. The SMILES string of the molecule is CCC(=O)N1CCc2cc(C(=O)N3CCC(C(=O)Nc4ccc(S(N)(=O)=O)cc4)CC3)ccc21. The van der Waals surface area contributed by atoms with Crippen LogP contribution in [-0.2, 0) is 26.0 Å². The summed E-state index contributed by atoms with van der Waals surface area (Å²) in [5.74, 6) is -0.386. The molecule has 3 N–H and O–H groups in total. The van der Waals surface area contributed by atoms with Crippen molar-refractivity contribution < 1.29 is 22.8 Å². The Morgan fingerprint density at radius 1 is 1.03 bits per heavy atom. The molecule has 9 nitrogen and oxygen atoms in total. The Kier molecular flexibility index (Phi) is 6.72. The number of nitrogens with zero attached hydrogens (tertiary/aromatic N) is 2. The minimum Gasteiger partial charge on any atom is -0.339 e. The van der Waals surface area contributed by atoms with Crippen LogP contribution in [0, 0.1) is 5.92 Å². The van der Waals surface area contributed by atoms with E-state index in [4.69, 9.17) is 5.14 Å². The normalized spacial score (nSPS) is 16.3. The van der Waals surface area contributed by atoms with Gasteiger partial charge >= 0.3 is 0 Å². The average Bonchev–Trinajstić information content (AvgIpc) is 3.26. The summed E-state index contributed by atoms with van der Waals surface area (Å²) in [6.07, 6.45) is 2.26. The van der Waals surface area contributed by atoms with Gasteiger partial charge < -0.3 is 15.1 Å². The van der Waals surface area contributed by atoms with Crippen molar-refractivity contribution in [2.24, 2.45) is 11.1 Å². The average molecular weight is 485 g/mol. The van der Waals surface area contributed by atoms with Gasteiger partial charge in [-0.2, -0.15) is 0 Å². The van der Waals surface area contributed by atoms with Crippen molar-refractivity contribution in [3.63, 3.8) is 0 Å². The number of amides is 3. The van der Waals surface area contributed by atoms with Crippen LogP contribution in [0.3, 0.4) is 0 Å². The number of hydrogen-bond donors (Lipinski definition) is 2. The van der Waals surface area contributed by atoms with E-state index in [0.29, 0.717) is 50.1 Å². The van der Waals surface area contributed by atoms with E-state index in [1.165, 1.54) is 24.3 Å². The molecule has 0 atom stereocenters. The maximum absolute atomic E-state index is 13.0. The summed E-state index contributed by atoms with van der Waals surface area (Å²) in [5.41, 5.74) is 2.98. The van der Waals surface area contributed by atoms with Gasteiger partial charge in [-0.15, -0.1) is 0 Å². The molecule has 10 heteroatoms. The summed E-state index contributed by atoms with van der Waals surface area (Å²) in [7, 11) is -3.78. The highest BCUT2D eigenvalue weighted by Crippen LogP contribution is 2.30. The summed E-state index contributed by atoms with van der Waals surface area (Å²) in [6.45, 7) is 3.43. The van der Waals surface area contributed by atoms with Gasteiger partial charge in [0.25, 0.3) is 5.91 Å². The van der Waals surface area contributed by atoms with Crippen molar-refractivity contribution in [1.29, 1.82) is 0 Å². The number of benzene rings is 2. The Bertz CT molecular complexity index is 1220. The fourth-order valence-electron chi connectivity index (χ4n) is 4.48. The van der Waals surface area contributed by atoms with Crippen LogP contribution in [0.4, 0.5) is 11.4 Å². The van der Waals surface area contributed by atoms with Gasteiger partial charge in [0, 0.05) is 48.9 Å². The topological polar surface area (TPSA) is 130 Å². The zero-order valence-electron chi connectivity index (χ0n) is 19.0. The molecular weight excluding hydrogens is 456 g/mol. The number of fused-ring (bicyclic) bond motifs is 1. The molecule has 0 spiro atoms. The molecule has 0 radical (unpaired) electrons. The van der Waals surface area contributed by atoms with E-state index in [9.17, 15) is 22.8 Å². The van der Waals surface area contributed by atoms with E-state index in [1.54, 1.807) is 15.9 Å². The van der Waals surface area contributed by atoms with Gasteiger partial charge in [-0.3, -0.25) is 14.4 Å². The Morgan fingerprint density at radius 3 is 2.32 bits per heavy atom. The van der Waals surface area contributed by atoms with Crippen LogP contribution in [0.25, 0.3) is 0 Å². The zero-order valence-corrected chi connectivity index (χ0v) is 19.8. The van der Waals surface area contributed by atoms with Crippen LogP contribution in [0.15, 0.2) is 47.4 Å². The van der Waals surface area contributed by atoms with Crippen molar-refractivity contribution in [3.05, 3.63) is 53.6 Å². The van der Waals surface area contributed by atoms with Gasteiger partial charge in [0.05, 0.1) is 4.90 Å². The number of hydrogen-bond acceptors (Lipinski definition) is 5. The summed E-state index contributed by atoms with van der Waals surface area (Å²) in [4.78, 5) is 41.3. The molecule has 0 bridgehead atoms. The molecule has 2 aliphatic rings. The second-order valence-corrected chi connectivity index (χ2v) is 10.2. The van der Waals surface area contributed by atoms with E-state index in [-0.39, 0.29) is 28.5 Å². The van der Waals surface area contributed by atoms with E-state index in [0.717, 1.165) is 17.7 Å². The van der Waals surface area contributed by atoms with Gasteiger partial charge in [-0.1, -0.05) is 6.92 Å². The molecule has 34 heavy (non-hydrogen) atoms. The molecule has 1 saturated heterocycles. The quantitative estimate of drug-likeness (QED) is 0.671. The number of piperidine rings is 1. The Balaban J connectivity index is 1.33. The number of sulfonamides is 1. The summed E-state index contributed by atoms with van der Waals surface area (Å²) >= 11 is 0. The Hall–Kier alpha value is -3.24. The number of nitrogens with one attached hydrogen (secondary N) is 1. The van der Waals surface area contributed by atoms with Gasteiger partial charge in [0.1, 0.15) is 0 Å². The molecule has 1 fully saturated rings. The Morgan fingerprint density at radius 2 is 1.71 bits per heavy atom. The van der Waals surface area contributed by atoms with E-state index < -0.39 is 10.0 Å². The number of likely N-dealkylation sites (tertiary alicyclic amines) is 1. The first-order chi connectivity index (χ1) is 16.2. The van der Waals surface area contributed by atoms with Gasteiger partial charge in [-0.05, 0) is 67.3 Å². The third-order valence-corrected chi connectivity index (χ3v) is 7.36. The number of rotatable bonds is 5. The standard InChI is InChI=1S/C24H28N4O5S/c1-2-22(29)28-14-11-17-15-18(3-8-21(17)28)24(31)27-12-9-16(10-13-27)23(30)26-19-4-6-20(7-5-19)34(25,32)33/h3-8,15-16H,2,9-14H2,1H3,(H,26,30)(H2,25,32,33). The largest absolute Gasteiger partial charge is 0.339 e. The Labute approximate surface area is 199 Å². The number of carbonyl (C=O) groups is 3. The van der Waals surface area contributed by atoms with Crippen LogP contribution < -0.4 is 15.4 Å². The predicted molar refractivity (Wildman–Crippen MR) is 128 cm³/mol. The number of nitrogens with two attached hydrogens (primary N) is 1. The van der Waals surface area contributed by atoms with Gasteiger partial charge in [0.15, 0.2) is 0 Å². The minimum absolute atomic E-state index is 0.0199. The first-order valence-electron chi connectivity index (χ1n) is 11.3. The van der Waals surface area contributed by atoms with E-state index >= 15 is 0 Å². The third-order valence-electron chi connectivity index (χ3n) is 6.43. The predicted octanol–water partition coefficient (Wildman–Crippen LogP) is 2.12. The maximum atomic E-state index is 13.0. The molecule has 0 aromatic heterocycles. The fourth-order valence-corrected chi connectivity index (χ4v) is 5.00. The highest BCUT2D eigenvalue weighted by atomic mass is 32.2. The van der Waals surface area contributed by atoms with Crippen molar-refractivity contribution in [1.82, 2.24) is 4.90 Å². The molecule has 2 heterocycles. The summed E-state index contributed by atoms with van der Waals surface area (Å²) < 4.78 is 22.7. The smallest absolute Gasteiger partial charge is 0.253 e. The molecule has 180 valence electrons. The zero-order chi connectivity index (χ0) is 24.5. The lowest BCUT2D eigenvalue weighted by molar-refractivity contribution is -0.121. The number of carbonyl (C=O) groups excluding carboxylic acids is 3. The maximum Gasteiger partial charge on any atom is 0.253 e. The van der Waals surface area contributed by atoms with Crippen molar-refractivity contribution in [2.45, 2.75) is 37.5 Å². The number of primary sulfonamides is 1. The van der Waals surface area contributed by atoms with Crippen LogP contribution in [0.1, 0.15) is 42.1 Å². The first kappa shape index (κ1) is 23.9. The molecule has 0 unspecified atom stereocenters. The molecule has 2 aromatic carbocycles.